The SMILES string of the molecule is CN(CC(=O)N1CCO[C@H](c2ccc(F)c(F)c2)C1)C(=O)OC(C)(C)C. The Bertz CT molecular complexity index is 676. The number of nitrogens with zero attached hydrogens (tertiary/aromatic N) is 2. The lowest BCUT2D eigenvalue weighted by atomic mass is 10.1. The maximum absolute atomic E-state index is 13.4. The fourth-order valence-corrected chi connectivity index (χ4v) is 2.50. The van der Waals surface area contributed by atoms with Gasteiger partial charge in [0, 0.05) is 13.6 Å². The van der Waals surface area contributed by atoms with Crippen molar-refractivity contribution in [3.8, 4) is 0 Å². The lowest BCUT2D eigenvalue weighted by Gasteiger charge is -2.34. The van der Waals surface area contributed by atoms with Crippen molar-refractivity contribution in [2.75, 3.05) is 33.3 Å². The highest BCUT2D eigenvalue weighted by atomic mass is 19.2. The van der Waals surface area contributed by atoms with Crippen LogP contribution in [-0.2, 0) is 14.3 Å². The average Bonchev–Trinajstić information content (AvgIpc) is 2.55. The first kappa shape index (κ1) is 20.1. The first-order valence-corrected chi connectivity index (χ1v) is 8.35. The Balaban J connectivity index is 1.96. The zero-order valence-corrected chi connectivity index (χ0v) is 15.4. The first-order valence-electron chi connectivity index (χ1n) is 8.35. The number of benzene rings is 1. The topological polar surface area (TPSA) is 59.1 Å². The van der Waals surface area contributed by atoms with E-state index in [9.17, 15) is 18.4 Å². The van der Waals surface area contributed by atoms with Gasteiger partial charge in [0.15, 0.2) is 11.6 Å². The number of rotatable bonds is 3. The molecule has 2 amide bonds. The third-order valence-corrected chi connectivity index (χ3v) is 3.81. The van der Waals surface area contributed by atoms with Gasteiger partial charge < -0.3 is 19.3 Å². The lowest BCUT2D eigenvalue weighted by molar-refractivity contribution is -0.139. The maximum Gasteiger partial charge on any atom is 0.410 e. The van der Waals surface area contributed by atoms with E-state index in [2.05, 4.69) is 0 Å². The van der Waals surface area contributed by atoms with Crippen LogP contribution in [0.15, 0.2) is 18.2 Å². The van der Waals surface area contributed by atoms with Gasteiger partial charge in [0.05, 0.1) is 13.2 Å². The van der Waals surface area contributed by atoms with Gasteiger partial charge in [-0.05, 0) is 38.5 Å². The van der Waals surface area contributed by atoms with Crippen molar-refractivity contribution in [2.24, 2.45) is 0 Å². The van der Waals surface area contributed by atoms with Crippen molar-refractivity contribution >= 4 is 12.0 Å². The molecule has 0 aromatic heterocycles. The van der Waals surface area contributed by atoms with E-state index >= 15 is 0 Å². The molecule has 1 aliphatic rings. The molecule has 1 heterocycles. The van der Waals surface area contributed by atoms with Crippen molar-refractivity contribution in [1.82, 2.24) is 9.80 Å². The molecule has 1 aromatic carbocycles. The van der Waals surface area contributed by atoms with Crippen LogP contribution in [0.3, 0.4) is 0 Å². The quantitative estimate of drug-likeness (QED) is 0.821. The molecule has 1 saturated heterocycles. The van der Waals surface area contributed by atoms with Crippen LogP contribution < -0.4 is 0 Å². The number of carbonyl (C=O) groups excluding carboxylic acids is 2. The second-order valence-electron chi connectivity index (χ2n) is 7.21. The highest BCUT2D eigenvalue weighted by Gasteiger charge is 2.28. The number of halogens is 2. The fraction of sp³-hybridized carbons (Fsp3) is 0.556. The molecule has 1 atom stereocenters. The van der Waals surface area contributed by atoms with E-state index in [1.54, 1.807) is 20.8 Å². The van der Waals surface area contributed by atoms with Crippen LogP contribution in [0.4, 0.5) is 13.6 Å². The van der Waals surface area contributed by atoms with Crippen molar-refractivity contribution < 1.29 is 27.8 Å². The van der Waals surface area contributed by atoms with Gasteiger partial charge in [-0.1, -0.05) is 6.07 Å². The van der Waals surface area contributed by atoms with Crippen molar-refractivity contribution in [3.63, 3.8) is 0 Å². The van der Waals surface area contributed by atoms with E-state index in [1.165, 1.54) is 22.9 Å². The van der Waals surface area contributed by atoms with Crippen LogP contribution in [0.2, 0.25) is 0 Å². The highest BCUT2D eigenvalue weighted by Crippen LogP contribution is 2.24. The Morgan fingerprint density at radius 1 is 1.31 bits per heavy atom. The summed E-state index contributed by atoms with van der Waals surface area (Å²) in [5.74, 6) is -2.16. The average molecular weight is 370 g/mol. The molecule has 1 aliphatic heterocycles. The molecule has 144 valence electrons. The normalized spacial score (nSPS) is 17.8. The summed E-state index contributed by atoms with van der Waals surface area (Å²) in [6.07, 6.45) is -1.13. The van der Waals surface area contributed by atoms with Crippen molar-refractivity contribution in [1.29, 1.82) is 0 Å². The summed E-state index contributed by atoms with van der Waals surface area (Å²) in [6.45, 7) is 5.93. The minimum Gasteiger partial charge on any atom is -0.444 e. The molecule has 0 N–H and O–H groups in total. The zero-order valence-electron chi connectivity index (χ0n) is 15.4. The Labute approximate surface area is 151 Å². The molecule has 0 aliphatic carbocycles. The van der Waals surface area contributed by atoms with Crippen LogP contribution in [0, 0.1) is 11.6 Å². The molecule has 2 rings (SSSR count). The first-order chi connectivity index (χ1) is 12.1. The predicted octanol–water partition coefficient (Wildman–Crippen LogP) is 2.73. The van der Waals surface area contributed by atoms with Gasteiger partial charge >= 0.3 is 6.09 Å². The van der Waals surface area contributed by atoms with Crippen LogP contribution in [0.5, 0.6) is 0 Å². The smallest absolute Gasteiger partial charge is 0.410 e. The van der Waals surface area contributed by atoms with Gasteiger partial charge in [-0.25, -0.2) is 13.6 Å². The van der Waals surface area contributed by atoms with E-state index in [0.717, 1.165) is 12.1 Å². The third-order valence-electron chi connectivity index (χ3n) is 3.81. The number of hydrogen-bond donors (Lipinski definition) is 0. The molecule has 0 saturated carbocycles. The van der Waals surface area contributed by atoms with Crippen LogP contribution >= 0.6 is 0 Å². The Kier molecular flexibility index (Phi) is 6.17. The summed E-state index contributed by atoms with van der Waals surface area (Å²) in [6, 6.07) is 3.54. The van der Waals surface area contributed by atoms with Crippen molar-refractivity contribution in [3.05, 3.63) is 35.4 Å². The van der Waals surface area contributed by atoms with Crippen LogP contribution in [-0.4, -0.2) is 60.7 Å². The fourth-order valence-electron chi connectivity index (χ4n) is 2.50. The molecule has 1 aromatic rings. The minimum atomic E-state index is -0.959. The van der Waals surface area contributed by atoms with Gasteiger partial charge in [-0.15, -0.1) is 0 Å². The maximum atomic E-state index is 13.4. The number of ether oxygens (including phenoxy) is 2. The van der Waals surface area contributed by atoms with Crippen molar-refractivity contribution in [2.45, 2.75) is 32.5 Å². The zero-order chi connectivity index (χ0) is 19.5. The predicted molar refractivity (Wildman–Crippen MR) is 90.5 cm³/mol. The Hall–Kier alpha value is -2.22. The Morgan fingerprint density at radius 2 is 2.00 bits per heavy atom. The number of likely N-dealkylation sites (N-methyl/N-ethyl adjacent to an activating group) is 1. The van der Waals surface area contributed by atoms with E-state index in [-0.39, 0.29) is 25.6 Å². The summed E-state index contributed by atoms with van der Waals surface area (Å²) < 4.78 is 37.3. The van der Waals surface area contributed by atoms with Gasteiger partial charge in [0.25, 0.3) is 0 Å². The van der Waals surface area contributed by atoms with E-state index in [0.29, 0.717) is 12.1 Å². The number of carbonyl (C=O) groups is 2. The summed E-state index contributed by atoms with van der Waals surface area (Å²) in [5, 5.41) is 0. The van der Waals surface area contributed by atoms with E-state index in [1.807, 2.05) is 0 Å². The lowest BCUT2D eigenvalue weighted by Crippen LogP contribution is -2.47. The molecule has 0 spiro atoms. The molecule has 0 unspecified atom stereocenters. The van der Waals surface area contributed by atoms with Gasteiger partial charge in [0.2, 0.25) is 5.91 Å². The van der Waals surface area contributed by atoms with Gasteiger partial charge in [-0.3, -0.25) is 4.79 Å². The summed E-state index contributed by atoms with van der Waals surface area (Å²) in [4.78, 5) is 27.2. The largest absolute Gasteiger partial charge is 0.444 e. The molecular weight excluding hydrogens is 346 g/mol. The Morgan fingerprint density at radius 3 is 2.62 bits per heavy atom. The molecule has 1 fully saturated rings. The monoisotopic (exact) mass is 370 g/mol. The number of hydrogen-bond acceptors (Lipinski definition) is 4. The molecule has 0 radical (unpaired) electrons. The van der Waals surface area contributed by atoms with E-state index in [4.69, 9.17) is 9.47 Å². The minimum absolute atomic E-state index is 0.139. The molecule has 6 nitrogen and oxygen atoms in total. The van der Waals surface area contributed by atoms with Gasteiger partial charge in [0.1, 0.15) is 18.2 Å². The summed E-state index contributed by atoms with van der Waals surface area (Å²) in [5.41, 5.74) is -0.188. The number of amides is 2. The van der Waals surface area contributed by atoms with Gasteiger partial charge in [-0.2, -0.15) is 0 Å². The molecule has 0 bridgehead atoms. The van der Waals surface area contributed by atoms with Crippen LogP contribution in [0.25, 0.3) is 0 Å². The molecular formula is C18H24F2N2O4. The summed E-state index contributed by atoms with van der Waals surface area (Å²) >= 11 is 0. The van der Waals surface area contributed by atoms with Crippen LogP contribution in [0.1, 0.15) is 32.4 Å². The molecule has 26 heavy (non-hydrogen) atoms. The van der Waals surface area contributed by atoms with E-state index < -0.39 is 29.4 Å². The molecule has 8 heteroatoms. The summed E-state index contributed by atoms with van der Waals surface area (Å²) in [7, 11) is 1.49. The second kappa shape index (κ2) is 7.99. The number of morpholine rings is 1. The third kappa shape index (κ3) is 5.39. The second-order valence-corrected chi connectivity index (χ2v) is 7.21. The highest BCUT2D eigenvalue weighted by molar-refractivity contribution is 5.82. The standard InChI is InChI=1S/C18H24F2N2O4/c1-18(2,3)26-17(24)21(4)11-16(23)22-7-8-25-15(10-22)12-5-6-13(19)14(20)9-12/h5-6,9,15H,7-8,10-11H2,1-4H3/t15-/m0/s1.